The van der Waals surface area contributed by atoms with E-state index >= 15 is 0 Å². The number of hydrogen-bond acceptors (Lipinski definition) is 6. The topological polar surface area (TPSA) is 90.7 Å². The molecule has 0 aliphatic rings. The zero-order valence-corrected chi connectivity index (χ0v) is 30.0. The summed E-state index contributed by atoms with van der Waals surface area (Å²) in [4.78, 5) is 18.4. The lowest BCUT2D eigenvalue weighted by molar-refractivity contribution is -0.138. The Morgan fingerprint density at radius 1 is 0.712 bits per heavy atom. The van der Waals surface area contributed by atoms with E-state index in [1.807, 2.05) is 54.6 Å². The third kappa shape index (κ3) is 11.9. The van der Waals surface area contributed by atoms with Crippen molar-refractivity contribution < 1.29 is 14.3 Å². The van der Waals surface area contributed by atoms with Crippen molar-refractivity contribution in [1.82, 2.24) is 0 Å². The maximum atomic E-state index is 12.8. The number of allylic oxidation sites excluding steroid dienone is 1. The molecule has 7 nitrogen and oxygen atoms in total. The van der Waals surface area contributed by atoms with Crippen molar-refractivity contribution >= 4 is 17.2 Å². The van der Waals surface area contributed by atoms with Crippen LogP contribution in [0.5, 0.6) is 5.75 Å². The third-order valence-corrected chi connectivity index (χ3v) is 8.58. The van der Waals surface area contributed by atoms with E-state index in [9.17, 15) is 10.1 Å². The molecule has 0 bridgehead atoms. The summed E-state index contributed by atoms with van der Waals surface area (Å²) in [6, 6.07) is 34.6. The van der Waals surface area contributed by atoms with Gasteiger partial charge >= 0.3 is 5.97 Å². The van der Waals surface area contributed by atoms with Gasteiger partial charge in [-0.05, 0) is 109 Å². The third-order valence-electron chi connectivity index (χ3n) is 8.58. The van der Waals surface area contributed by atoms with Gasteiger partial charge in [0.25, 0.3) is 5.70 Å². The van der Waals surface area contributed by atoms with Crippen LogP contribution in [0.3, 0.4) is 0 Å². The fourth-order valence-electron chi connectivity index (χ4n) is 5.49. The van der Waals surface area contributed by atoms with Gasteiger partial charge in [0.2, 0.25) is 0 Å². The van der Waals surface area contributed by atoms with Crippen molar-refractivity contribution in [2.24, 2.45) is 0 Å². The van der Waals surface area contributed by atoms with Gasteiger partial charge in [-0.15, -0.1) is 0 Å². The molecule has 7 heteroatoms. The van der Waals surface area contributed by atoms with Gasteiger partial charge in [-0.3, -0.25) is 4.79 Å². The van der Waals surface area contributed by atoms with Gasteiger partial charge in [-0.1, -0.05) is 74.4 Å². The minimum absolute atomic E-state index is 0.0176. The molecule has 0 amide bonds. The number of nitriles is 2. The largest absolute Gasteiger partial charge is 0.494 e. The molecule has 4 rings (SSSR count). The van der Waals surface area contributed by atoms with Gasteiger partial charge < -0.3 is 14.4 Å². The van der Waals surface area contributed by atoms with Crippen molar-refractivity contribution in [2.75, 3.05) is 31.7 Å². The number of hydrogen-bond donors (Lipinski definition) is 0. The van der Waals surface area contributed by atoms with Gasteiger partial charge in [0.15, 0.2) is 0 Å². The minimum Gasteiger partial charge on any atom is -0.494 e. The predicted octanol–water partition coefficient (Wildman–Crippen LogP) is 9.98. The van der Waals surface area contributed by atoms with E-state index < -0.39 is 5.97 Å². The van der Waals surface area contributed by atoms with Crippen molar-refractivity contribution in [3.8, 4) is 40.9 Å². The molecule has 262 valence electrons. The average molecular weight is 689 g/mol. The molecule has 4 aromatic carbocycles. The van der Waals surface area contributed by atoms with Crippen molar-refractivity contribution in [3.05, 3.63) is 136 Å². The standard InChI is InChI=1S/C45H44N4O3/c1-4-5-6-9-30-49(3)41-26-18-36(19-27-41)13-12-35-14-22-40(23-15-35)43(34-47)44(48-2)45(50)52-32-11-8-7-10-31-51-42-28-24-39(25-29-42)38-20-16-37(33-46)17-21-38/h14-29H,4-11,30-32H2,1,3H3. The van der Waals surface area contributed by atoms with Crippen molar-refractivity contribution in [3.63, 3.8) is 0 Å². The highest BCUT2D eigenvalue weighted by Crippen LogP contribution is 2.24. The SMILES string of the molecule is [C-]#[N+]C(C(=O)OCCCCCCOc1ccc(-c2ccc(C#N)cc2)cc1)=C(C#N)c1ccc(C#Cc2ccc(N(C)CCCCCC)cc2)cc1. The number of esters is 1. The lowest BCUT2D eigenvalue weighted by Gasteiger charge is -2.19. The van der Waals surface area contributed by atoms with E-state index in [-0.39, 0.29) is 17.9 Å². The highest BCUT2D eigenvalue weighted by molar-refractivity contribution is 6.02. The minimum atomic E-state index is -0.793. The second-order valence-electron chi connectivity index (χ2n) is 12.4. The number of nitrogens with zero attached hydrogens (tertiary/aromatic N) is 4. The number of ether oxygens (including phenoxy) is 2. The maximum Gasteiger partial charge on any atom is 0.337 e. The van der Waals surface area contributed by atoms with Gasteiger partial charge in [0.05, 0.1) is 43.1 Å². The molecule has 0 spiro atoms. The molecule has 0 unspecified atom stereocenters. The molecule has 0 N–H and O–H groups in total. The molecule has 0 fully saturated rings. The first-order chi connectivity index (χ1) is 25.4. The highest BCUT2D eigenvalue weighted by atomic mass is 16.5. The molecule has 4 aromatic rings. The van der Waals surface area contributed by atoms with Crippen LogP contribution >= 0.6 is 0 Å². The molecule has 0 saturated carbocycles. The Hall–Kier alpha value is -6.28. The smallest absolute Gasteiger partial charge is 0.337 e. The molecule has 52 heavy (non-hydrogen) atoms. The molecule has 0 atom stereocenters. The van der Waals surface area contributed by atoms with Crippen LogP contribution in [0, 0.1) is 41.1 Å². The fourth-order valence-corrected chi connectivity index (χ4v) is 5.49. The Morgan fingerprint density at radius 2 is 1.27 bits per heavy atom. The van der Waals surface area contributed by atoms with Crippen molar-refractivity contribution in [2.45, 2.75) is 58.3 Å². The molecule has 0 heterocycles. The summed E-state index contributed by atoms with van der Waals surface area (Å²) in [7, 11) is 2.11. The summed E-state index contributed by atoms with van der Waals surface area (Å²) in [5.41, 5.74) is 5.67. The maximum absolute atomic E-state index is 12.8. The zero-order chi connectivity index (χ0) is 37.0. The van der Waals surface area contributed by atoms with E-state index in [2.05, 4.69) is 53.8 Å². The fraction of sp³-hybridized carbons (Fsp3) is 0.289. The molecular formula is C45H44N4O3. The van der Waals surface area contributed by atoms with Gasteiger partial charge in [-0.2, -0.15) is 10.5 Å². The number of benzene rings is 4. The van der Waals surface area contributed by atoms with E-state index in [1.165, 1.54) is 31.4 Å². The van der Waals surface area contributed by atoms with Crippen LogP contribution in [0.1, 0.15) is 80.5 Å². The van der Waals surface area contributed by atoms with Gasteiger partial charge in [0, 0.05) is 30.4 Å². The summed E-state index contributed by atoms with van der Waals surface area (Å²) < 4.78 is 11.2. The summed E-state index contributed by atoms with van der Waals surface area (Å²) in [5, 5.41) is 18.8. The van der Waals surface area contributed by atoms with E-state index in [1.54, 1.807) is 36.4 Å². The number of carbonyl (C=O) groups is 1. The molecule has 0 aromatic heterocycles. The number of carbonyl (C=O) groups excluding carboxylic acids is 1. The van der Waals surface area contributed by atoms with Gasteiger partial charge in [-0.25, -0.2) is 4.85 Å². The first-order valence-electron chi connectivity index (χ1n) is 17.8. The van der Waals surface area contributed by atoms with Crippen LogP contribution in [0.25, 0.3) is 21.5 Å². The van der Waals surface area contributed by atoms with Crippen LogP contribution in [-0.2, 0) is 9.53 Å². The lowest BCUT2D eigenvalue weighted by atomic mass is 10.0. The first kappa shape index (κ1) is 38.5. The second kappa shape index (κ2) is 21.1. The Bertz CT molecular complexity index is 1960. The van der Waals surface area contributed by atoms with Crippen molar-refractivity contribution in [1.29, 1.82) is 10.5 Å². The summed E-state index contributed by atoms with van der Waals surface area (Å²) in [6.45, 7) is 11.6. The first-order valence-corrected chi connectivity index (χ1v) is 17.8. The lowest BCUT2D eigenvalue weighted by Crippen LogP contribution is -2.18. The molecule has 0 radical (unpaired) electrons. The Morgan fingerprint density at radius 3 is 1.85 bits per heavy atom. The number of anilines is 1. The average Bonchev–Trinajstić information content (AvgIpc) is 3.19. The highest BCUT2D eigenvalue weighted by Gasteiger charge is 2.19. The number of unbranched alkanes of at least 4 members (excludes halogenated alkanes) is 6. The monoisotopic (exact) mass is 688 g/mol. The summed E-state index contributed by atoms with van der Waals surface area (Å²) in [5.74, 6) is 6.33. The van der Waals surface area contributed by atoms with Crippen LogP contribution < -0.4 is 9.64 Å². The second-order valence-corrected chi connectivity index (χ2v) is 12.4. The summed E-state index contributed by atoms with van der Waals surface area (Å²) >= 11 is 0. The van der Waals surface area contributed by atoms with E-state index in [4.69, 9.17) is 21.3 Å². The predicted molar refractivity (Wildman–Crippen MR) is 207 cm³/mol. The quantitative estimate of drug-likeness (QED) is 0.0274. The van der Waals surface area contributed by atoms with E-state index in [0.717, 1.165) is 53.8 Å². The normalized spacial score (nSPS) is 10.8. The van der Waals surface area contributed by atoms with Gasteiger partial charge in [0.1, 0.15) is 5.75 Å². The van der Waals surface area contributed by atoms with Crippen LogP contribution in [-0.4, -0.2) is 32.8 Å². The molecule has 0 aliphatic heterocycles. The Balaban J connectivity index is 1.18. The van der Waals surface area contributed by atoms with Crippen LogP contribution in [0.4, 0.5) is 5.69 Å². The molecular weight excluding hydrogens is 645 g/mol. The van der Waals surface area contributed by atoms with Crippen LogP contribution in [0.15, 0.2) is 103 Å². The number of rotatable bonds is 17. The summed E-state index contributed by atoms with van der Waals surface area (Å²) in [6.07, 6.45) is 8.15. The molecule has 0 aliphatic carbocycles. The Kier molecular flexibility index (Phi) is 15.6. The zero-order valence-electron chi connectivity index (χ0n) is 30.0. The van der Waals surface area contributed by atoms with E-state index in [0.29, 0.717) is 24.2 Å². The Labute approximate surface area is 308 Å². The van der Waals surface area contributed by atoms with Crippen LogP contribution in [0.2, 0.25) is 0 Å². The molecule has 0 saturated heterocycles.